The number of aliphatic hydroxyl groups excluding tert-OH is 1. The fraction of sp³-hybridized carbons (Fsp3) is 0.278. The van der Waals surface area contributed by atoms with Gasteiger partial charge in [0, 0.05) is 24.5 Å². The van der Waals surface area contributed by atoms with Crippen LogP contribution in [-0.2, 0) is 11.3 Å². The fourth-order valence-electron chi connectivity index (χ4n) is 2.33. The van der Waals surface area contributed by atoms with E-state index in [9.17, 15) is 9.90 Å². The molecule has 0 aliphatic heterocycles. The number of anilines is 2. The van der Waals surface area contributed by atoms with Crippen LogP contribution in [0.3, 0.4) is 0 Å². The predicted molar refractivity (Wildman–Crippen MR) is 92.9 cm³/mol. The molecule has 1 amide bonds. The summed E-state index contributed by atoms with van der Waals surface area (Å²) < 4.78 is 0. The number of nitrogens with two attached hydrogens (primary N) is 1. The Morgan fingerprint density at radius 2 is 1.83 bits per heavy atom. The first-order valence-electron chi connectivity index (χ1n) is 7.65. The molecule has 0 bridgehead atoms. The molecule has 0 radical (unpaired) electrons. The Morgan fingerprint density at radius 3 is 2.43 bits per heavy atom. The molecule has 0 spiro atoms. The minimum absolute atomic E-state index is 0.00627. The third kappa shape index (κ3) is 5.09. The minimum Gasteiger partial charge on any atom is -0.399 e. The molecule has 2 aromatic carbocycles. The van der Waals surface area contributed by atoms with Crippen LogP contribution >= 0.6 is 0 Å². The van der Waals surface area contributed by atoms with Gasteiger partial charge in [0.2, 0.25) is 5.91 Å². The highest BCUT2D eigenvalue weighted by molar-refractivity contribution is 5.94. The molecule has 2 aromatic rings. The number of aliphatic hydroxyl groups is 1. The predicted octanol–water partition coefficient (Wildman–Crippen LogP) is 2.09. The number of carbonyl (C=O) groups excluding carboxylic acids is 1. The third-order valence-corrected chi connectivity index (χ3v) is 3.72. The quantitative estimate of drug-likeness (QED) is 0.684. The second-order valence-corrected chi connectivity index (χ2v) is 5.47. The van der Waals surface area contributed by atoms with Gasteiger partial charge in [-0.3, -0.25) is 9.69 Å². The molecule has 0 aliphatic carbocycles. The van der Waals surface area contributed by atoms with Gasteiger partial charge in [0.1, 0.15) is 0 Å². The topological polar surface area (TPSA) is 78.6 Å². The number of benzene rings is 2. The van der Waals surface area contributed by atoms with Gasteiger partial charge in [-0.2, -0.15) is 0 Å². The van der Waals surface area contributed by atoms with E-state index >= 15 is 0 Å². The Balaban J connectivity index is 2.02. The Kier molecular flexibility index (Phi) is 6.14. The molecule has 2 rings (SSSR count). The zero-order chi connectivity index (χ0) is 16.7. The van der Waals surface area contributed by atoms with E-state index in [0.717, 1.165) is 5.56 Å². The van der Waals surface area contributed by atoms with E-state index in [2.05, 4.69) is 5.32 Å². The van der Waals surface area contributed by atoms with Crippen molar-refractivity contribution in [2.45, 2.75) is 19.5 Å². The van der Waals surface area contributed by atoms with Crippen LogP contribution in [0.5, 0.6) is 0 Å². The summed E-state index contributed by atoms with van der Waals surface area (Å²) in [4.78, 5) is 14.4. The average Bonchev–Trinajstić information content (AvgIpc) is 2.57. The Labute approximate surface area is 136 Å². The number of hydrogen-bond donors (Lipinski definition) is 3. The van der Waals surface area contributed by atoms with Crippen LogP contribution in [0.25, 0.3) is 0 Å². The standard InChI is InChI=1S/C18H23N3O2/c1-14(18(23)20-17-9-7-16(19)8-10-17)21(11-12-22)13-15-5-3-2-4-6-15/h2-10,14,22H,11-13,19H2,1H3,(H,20,23). The summed E-state index contributed by atoms with van der Waals surface area (Å²) >= 11 is 0. The van der Waals surface area contributed by atoms with E-state index < -0.39 is 0 Å². The van der Waals surface area contributed by atoms with Gasteiger partial charge in [-0.1, -0.05) is 30.3 Å². The number of carbonyl (C=O) groups is 1. The van der Waals surface area contributed by atoms with Crippen LogP contribution in [0.15, 0.2) is 54.6 Å². The largest absolute Gasteiger partial charge is 0.399 e. The summed E-state index contributed by atoms with van der Waals surface area (Å²) in [6, 6.07) is 16.6. The number of amides is 1. The lowest BCUT2D eigenvalue weighted by Gasteiger charge is -2.27. The molecule has 0 fully saturated rings. The first-order valence-corrected chi connectivity index (χ1v) is 7.65. The monoisotopic (exact) mass is 313 g/mol. The van der Waals surface area contributed by atoms with Gasteiger partial charge in [0.25, 0.3) is 0 Å². The molecule has 0 heterocycles. The second-order valence-electron chi connectivity index (χ2n) is 5.47. The number of hydrogen-bond acceptors (Lipinski definition) is 4. The van der Waals surface area contributed by atoms with Gasteiger partial charge in [-0.15, -0.1) is 0 Å². The van der Waals surface area contributed by atoms with Crippen LogP contribution < -0.4 is 11.1 Å². The maximum atomic E-state index is 12.4. The molecule has 0 saturated heterocycles. The van der Waals surface area contributed by atoms with Gasteiger partial charge < -0.3 is 16.2 Å². The fourth-order valence-corrected chi connectivity index (χ4v) is 2.33. The Hall–Kier alpha value is -2.37. The molecule has 0 saturated carbocycles. The van der Waals surface area contributed by atoms with Gasteiger partial charge in [0.15, 0.2) is 0 Å². The van der Waals surface area contributed by atoms with Crippen LogP contribution in [0.4, 0.5) is 11.4 Å². The van der Waals surface area contributed by atoms with E-state index in [1.54, 1.807) is 24.3 Å². The van der Waals surface area contributed by atoms with Gasteiger partial charge in [0.05, 0.1) is 12.6 Å². The van der Waals surface area contributed by atoms with Crippen molar-refractivity contribution in [3.8, 4) is 0 Å². The van der Waals surface area contributed by atoms with Crippen LogP contribution in [0.2, 0.25) is 0 Å². The molecular weight excluding hydrogens is 290 g/mol. The van der Waals surface area contributed by atoms with Crippen molar-refractivity contribution >= 4 is 17.3 Å². The maximum Gasteiger partial charge on any atom is 0.241 e. The lowest BCUT2D eigenvalue weighted by molar-refractivity contribution is -0.121. The van der Waals surface area contributed by atoms with E-state index in [0.29, 0.717) is 24.5 Å². The molecule has 5 nitrogen and oxygen atoms in total. The second kappa shape index (κ2) is 8.31. The van der Waals surface area contributed by atoms with Crippen LogP contribution in [0, 0.1) is 0 Å². The first-order chi connectivity index (χ1) is 11.1. The smallest absolute Gasteiger partial charge is 0.241 e. The SMILES string of the molecule is CC(C(=O)Nc1ccc(N)cc1)N(CCO)Cc1ccccc1. The van der Waals surface area contributed by atoms with Gasteiger partial charge >= 0.3 is 0 Å². The van der Waals surface area contributed by atoms with E-state index in [-0.39, 0.29) is 18.6 Å². The van der Waals surface area contributed by atoms with Crippen molar-refractivity contribution in [2.24, 2.45) is 0 Å². The van der Waals surface area contributed by atoms with Crippen molar-refractivity contribution < 1.29 is 9.90 Å². The van der Waals surface area contributed by atoms with Crippen molar-refractivity contribution in [3.05, 3.63) is 60.2 Å². The van der Waals surface area contributed by atoms with E-state index in [1.807, 2.05) is 42.2 Å². The molecule has 1 unspecified atom stereocenters. The highest BCUT2D eigenvalue weighted by Crippen LogP contribution is 2.13. The molecular formula is C18H23N3O2. The number of nitrogen functional groups attached to an aromatic ring is 1. The Bertz CT molecular complexity index is 614. The summed E-state index contributed by atoms with van der Waals surface area (Å²) in [7, 11) is 0. The molecule has 23 heavy (non-hydrogen) atoms. The molecule has 4 N–H and O–H groups in total. The average molecular weight is 313 g/mol. The van der Waals surface area contributed by atoms with Gasteiger partial charge in [-0.05, 0) is 36.8 Å². The number of nitrogens with zero attached hydrogens (tertiary/aromatic N) is 1. The highest BCUT2D eigenvalue weighted by atomic mass is 16.3. The highest BCUT2D eigenvalue weighted by Gasteiger charge is 2.21. The lowest BCUT2D eigenvalue weighted by atomic mass is 10.1. The summed E-state index contributed by atoms with van der Waals surface area (Å²) in [5.41, 5.74) is 8.11. The van der Waals surface area contributed by atoms with Crippen molar-refractivity contribution in [2.75, 3.05) is 24.2 Å². The zero-order valence-electron chi connectivity index (χ0n) is 13.3. The molecule has 0 aliphatic rings. The summed E-state index contributed by atoms with van der Waals surface area (Å²) in [5, 5.41) is 12.2. The summed E-state index contributed by atoms with van der Waals surface area (Å²) in [6.45, 7) is 2.89. The Morgan fingerprint density at radius 1 is 1.17 bits per heavy atom. The summed E-state index contributed by atoms with van der Waals surface area (Å²) in [6.07, 6.45) is 0. The van der Waals surface area contributed by atoms with E-state index in [4.69, 9.17) is 5.73 Å². The van der Waals surface area contributed by atoms with Crippen LogP contribution in [-0.4, -0.2) is 35.1 Å². The lowest BCUT2D eigenvalue weighted by Crippen LogP contribution is -2.43. The number of nitrogens with one attached hydrogen (secondary N) is 1. The first kappa shape index (κ1) is 17.0. The van der Waals surface area contributed by atoms with E-state index in [1.165, 1.54) is 0 Å². The molecule has 1 atom stereocenters. The molecule has 122 valence electrons. The maximum absolute atomic E-state index is 12.4. The zero-order valence-corrected chi connectivity index (χ0v) is 13.3. The van der Waals surface area contributed by atoms with Crippen molar-refractivity contribution in [3.63, 3.8) is 0 Å². The summed E-state index contributed by atoms with van der Waals surface area (Å²) in [5.74, 6) is -0.112. The number of rotatable bonds is 7. The van der Waals surface area contributed by atoms with Crippen molar-refractivity contribution in [1.82, 2.24) is 4.90 Å². The van der Waals surface area contributed by atoms with Crippen molar-refractivity contribution in [1.29, 1.82) is 0 Å². The molecule has 5 heteroatoms. The molecule has 0 aromatic heterocycles. The normalized spacial score (nSPS) is 12.1. The third-order valence-electron chi connectivity index (χ3n) is 3.72. The van der Waals surface area contributed by atoms with Gasteiger partial charge in [-0.25, -0.2) is 0 Å². The van der Waals surface area contributed by atoms with Crippen LogP contribution in [0.1, 0.15) is 12.5 Å². The minimum atomic E-state index is -0.361.